The van der Waals surface area contributed by atoms with Gasteiger partial charge in [0.05, 0.1) is 33.8 Å². The fourth-order valence-electron chi connectivity index (χ4n) is 5.22. The van der Waals surface area contributed by atoms with E-state index in [9.17, 15) is 9.59 Å². The third-order valence-corrected chi connectivity index (χ3v) is 8.65. The standard InChI is InChI=1S/C25H26Cl2N2O4/c1-23(2)24(3)11-12-25(23,22(31)28-16-7-10-18(26)19(27)13-16)14-20(24)29-33-21(30)15-5-8-17(32-4)9-6-15/h5-10,13H,11-12,14H2,1-4H3,(H,28,31). The zero-order valence-electron chi connectivity index (χ0n) is 19.0. The quantitative estimate of drug-likeness (QED) is 0.391. The second kappa shape index (κ2) is 8.33. The van der Waals surface area contributed by atoms with Crippen LogP contribution in [0.3, 0.4) is 0 Å². The van der Waals surface area contributed by atoms with Crippen LogP contribution < -0.4 is 10.1 Å². The Morgan fingerprint density at radius 3 is 2.33 bits per heavy atom. The van der Waals surface area contributed by atoms with E-state index in [4.69, 9.17) is 32.8 Å². The summed E-state index contributed by atoms with van der Waals surface area (Å²) in [5.41, 5.74) is 0.238. The maximum Gasteiger partial charge on any atom is 0.365 e. The van der Waals surface area contributed by atoms with Crippen LogP contribution in [0.4, 0.5) is 5.69 Å². The Kier molecular flexibility index (Phi) is 5.95. The van der Waals surface area contributed by atoms with Crippen LogP contribution >= 0.6 is 23.2 Å². The molecule has 2 bridgehead atoms. The number of amides is 1. The molecule has 2 fully saturated rings. The lowest BCUT2D eigenvalue weighted by Crippen LogP contribution is -2.43. The van der Waals surface area contributed by atoms with Crippen LogP contribution in [0.15, 0.2) is 47.6 Å². The first kappa shape index (κ1) is 23.6. The Bertz CT molecular complexity index is 1150. The van der Waals surface area contributed by atoms with Gasteiger partial charge in [0.15, 0.2) is 0 Å². The number of carbonyl (C=O) groups excluding carboxylic acids is 2. The molecule has 0 spiro atoms. The lowest BCUT2D eigenvalue weighted by Gasteiger charge is -2.39. The van der Waals surface area contributed by atoms with Crippen molar-refractivity contribution in [3.05, 3.63) is 58.1 Å². The van der Waals surface area contributed by atoms with Crippen molar-refractivity contribution >= 4 is 46.5 Å². The fraction of sp³-hybridized carbons (Fsp3) is 0.400. The molecule has 0 saturated heterocycles. The van der Waals surface area contributed by atoms with Gasteiger partial charge in [-0.1, -0.05) is 49.1 Å². The van der Waals surface area contributed by atoms with Gasteiger partial charge in [-0.25, -0.2) is 4.79 Å². The molecule has 2 aromatic carbocycles. The van der Waals surface area contributed by atoms with Crippen molar-refractivity contribution in [2.24, 2.45) is 21.4 Å². The molecule has 6 nitrogen and oxygen atoms in total. The summed E-state index contributed by atoms with van der Waals surface area (Å²) in [5, 5.41) is 8.08. The number of halogens is 2. The lowest BCUT2D eigenvalue weighted by molar-refractivity contribution is -0.130. The van der Waals surface area contributed by atoms with Crippen LogP contribution in [0, 0.1) is 16.2 Å². The van der Waals surface area contributed by atoms with Gasteiger partial charge in [-0.2, -0.15) is 0 Å². The van der Waals surface area contributed by atoms with Crippen molar-refractivity contribution in [1.29, 1.82) is 0 Å². The third-order valence-electron chi connectivity index (χ3n) is 7.91. The first-order valence-electron chi connectivity index (χ1n) is 10.7. The molecule has 33 heavy (non-hydrogen) atoms. The molecule has 2 aromatic rings. The zero-order chi connectivity index (χ0) is 24.0. The van der Waals surface area contributed by atoms with Gasteiger partial charge in [0.25, 0.3) is 0 Å². The first-order valence-corrected chi connectivity index (χ1v) is 11.5. The van der Waals surface area contributed by atoms with E-state index in [-0.39, 0.29) is 11.3 Å². The van der Waals surface area contributed by atoms with Crippen molar-refractivity contribution in [3.8, 4) is 5.75 Å². The highest BCUT2D eigenvalue weighted by molar-refractivity contribution is 6.42. The van der Waals surface area contributed by atoms with Crippen LogP contribution in [-0.4, -0.2) is 24.7 Å². The highest BCUT2D eigenvalue weighted by Crippen LogP contribution is 2.71. The number of oxime groups is 1. The number of benzene rings is 2. The Morgan fingerprint density at radius 2 is 1.70 bits per heavy atom. The monoisotopic (exact) mass is 488 g/mol. The largest absolute Gasteiger partial charge is 0.497 e. The summed E-state index contributed by atoms with van der Waals surface area (Å²) < 4.78 is 5.12. The number of hydrogen-bond acceptors (Lipinski definition) is 5. The normalized spacial score (nSPS) is 26.3. The molecule has 2 saturated carbocycles. The molecular weight excluding hydrogens is 463 g/mol. The van der Waals surface area contributed by atoms with E-state index in [1.54, 1.807) is 49.6 Å². The van der Waals surface area contributed by atoms with Crippen LogP contribution in [0.2, 0.25) is 10.0 Å². The number of nitrogens with zero attached hydrogens (tertiary/aromatic N) is 1. The van der Waals surface area contributed by atoms with Gasteiger partial charge in [-0.05, 0) is 60.7 Å². The van der Waals surface area contributed by atoms with Crippen LogP contribution in [0.25, 0.3) is 0 Å². The van der Waals surface area contributed by atoms with Gasteiger partial charge in [-0.3, -0.25) is 4.79 Å². The van der Waals surface area contributed by atoms with Crippen molar-refractivity contribution in [2.45, 2.75) is 40.0 Å². The first-order chi connectivity index (χ1) is 15.5. The number of hydrogen-bond donors (Lipinski definition) is 1. The minimum absolute atomic E-state index is 0.0960. The zero-order valence-corrected chi connectivity index (χ0v) is 20.5. The third kappa shape index (κ3) is 3.69. The van der Waals surface area contributed by atoms with Gasteiger partial charge in [0.1, 0.15) is 5.75 Å². The second-order valence-electron chi connectivity index (χ2n) is 9.44. The molecule has 0 aromatic heterocycles. The van der Waals surface area contributed by atoms with E-state index >= 15 is 0 Å². The molecule has 1 N–H and O–H groups in total. The molecule has 2 unspecified atom stereocenters. The fourth-order valence-corrected chi connectivity index (χ4v) is 5.52. The molecule has 0 heterocycles. The van der Waals surface area contributed by atoms with Crippen molar-refractivity contribution in [1.82, 2.24) is 0 Å². The Labute approximate surface area is 203 Å². The Morgan fingerprint density at radius 1 is 1.00 bits per heavy atom. The summed E-state index contributed by atoms with van der Waals surface area (Å²) in [4.78, 5) is 31.4. The summed E-state index contributed by atoms with van der Waals surface area (Å²) in [5.74, 6) is 0.0000849. The van der Waals surface area contributed by atoms with Crippen molar-refractivity contribution in [2.75, 3.05) is 12.4 Å². The predicted molar refractivity (Wildman–Crippen MR) is 129 cm³/mol. The van der Waals surface area contributed by atoms with E-state index in [1.165, 1.54) is 0 Å². The summed E-state index contributed by atoms with van der Waals surface area (Å²) in [6.45, 7) is 6.26. The van der Waals surface area contributed by atoms with E-state index in [0.717, 1.165) is 18.6 Å². The predicted octanol–water partition coefficient (Wildman–Crippen LogP) is 6.37. The molecular formula is C25H26Cl2N2O4. The van der Waals surface area contributed by atoms with Crippen molar-refractivity contribution in [3.63, 3.8) is 0 Å². The average molecular weight is 489 g/mol. The number of anilines is 1. The second-order valence-corrected chi connectivity index (χ2v) is 10.3. The topological polar surface area (TPSA) is 77.0 Å². The molecule has 0 aliphatic heterocycles. The number of methoxy groups -OCH3 is 1. The number of rotatable bonds is 5. The van der Waals surface area contributed by atoms with Crippen molar-refractivity contribution < 1.29 is 19.2 Å². The molecule has 0 radical (unpaired) electrons. The Hall–Kier alpha value is -2.57. The van der Waals surface area contributed by atoms with Crippen LogP contribution in [-0.2, 0) is 9.63 Å². The summed E-state index contributed by atoms with van der Waals surface area (Å²) in [6.07, 6.45) is 1.91. The number of ether oxygens (including phenoxy) is 1. The summed E-state index contributed by atoms with van der Waals surface area (Å²) in [7, 11) is 1.56. The van der Waals surface area contributed by atoms with E-state index < -0.39 is 16.8 Å². The molecule has 4 rings (SSSR count). The highest BCUT2D eigenvalue weighted by atomic mass is 35.5. The van der Waals surface area contributed by atoms with E-state index in [2.05, 4.69) is 31.2 Å². The molecule has 2 aliphatic carbocycles. The summed E-state index contributed by atoms with van der Waals surface area (Å²) in [6, 6.07) is 11.6. The number of nitrogens with one attached hydrogen (secondary N) is 1. The van der Waals surface area contributed by atoms with Gasteiger partial charge in [0, 0.05) is 17.5 Å². The highest BCUT2D eigenvalue weighted by Gasteiger charge is 2.71. The maximum atomic E-state index is 13.6. The van der Waals surface area contributed by atoms with Gasteiger partial charge in [0.2, 0.25) is 5.91 Å². The van der Waals surface area contributed by atoms with E-state index in [0.29, 0.717) is 33.5 Å². The maximum absolute atomic E-state index is 13.6. The van der Waals surface area contributed by atoms with Gasteiger partial charge < -0.3 is 14.9 Å². The van der Waals surface area contributed by atoms with Gasteiger partial charge in [-0.15, -0.1) is 0 Å². The van der Waals surface area contributed by atoms with E-state index in [1.807, 2.05) is 0 Å². The average Bonchev–Trinajstić information content (AvgIpc) is 3.10. The lowest BCUT2D eigenvalue weighted by atomic mass is 9.64. The summed E-state index contributed by atoms with van der Waals surface area (Å²) >= 11 is 12.1. The smallest absolute Gasteiger partial charge is 0.365 e. The van der Waals surface area contributed by atoms with Gasteiger partial charge >= 0.3 is 5.97 Å². The number of fused-ring (bicyclic) bond motifs is 2. The number of carbonyl (C=O) groups is 2. The minimum atomic E-state index is -0.681. The molecule has 8 heteroatoms. The molecule has 2 atom stereocenters. The minimum Gasteiger partial charge on any atom is -0.497 e. The van der Waals surface area contributed by atoms with Crippen LogP contribution in [0.1, 0.15) is 50.4 Å². The van der Waals surface area contributed by atoms with Crippen LogP contribution in [0.5, 0.6) is 5.75 Å². The molecule has 174 valence electrons. The molecule has 1 amide bonds. The Balaban J connectivity index is 1.56. The SMILES string of the molecule is COc1ccc(C(=O)ON=C2CC3(C(=O)Nc4ccc(Cl)c(Cl)c4)CCC2(C)C3(C)C)cc1. The molecule has 2 aliphatic rings.